The molecule has 0 aromatic heterocycles. The van der Waals surface area contributed by atoms with E-state index in [1.54, 1.807) is 0 Å². The van der Waals surface area contributed by atoms with Gasteiger partial charge in [0.1, 0.15) is 5.78 Å². The molecule has 0 radical (unpaired) electrons. The number of hydrogen-bond donors (Lipinski definition) is 0. The number of ketones is 2. The lowest BCUT2D eigenvalue weighted by Gasteiger charge is -2.61. The molecule has 0 aromatic rings. The van der Waals surface area contributed by atoms with Crippen molar-refractivity contribution in [3.8, 4) is 0 Å². The normalized spacial score (nSPS) is 43.9. The van der Waals surface area contributed by atoms with Crippen LogP contribution in [-0.2, 0) is 28.7 Å². The molecule has 4 saturated carbocycles. The second-order valence-corrected chi connectivity index (χ2v) is 11.1. The van der Waals surface area contributed by atoms with E-state index in [1.807, 2.05) is 0 Å². The molecule has 4 aliphatic rings. The Morgan fingerprint density at radius 3 is 2.35 bits per heavy atom. The molecule has 0 heterocycles. The first-order chi connectivity index (χ1) is 14.5. The van der Waals surface area contributed by atoms with E-state index in [-0.39, 0.29) is 29.1 Å². The van der Waals surface area contributed by atoms with Crippen LogP contribution in [0.25, 0.3) is 0 Å². The van der Waals surface area contributed by atoms with Gasteiger partial charge in [-0.3, -0.25) is 19.2 Å². The molecule has 4 rings (SSSR count). The lowest BCUT2D eigenvalue weighted by atomic mass is 9.44. The summed E-state index contributed by atoms with van der Waals surface area (Å²) in [7, 11) is 0. The van der Waals surface area contributed by atoms with E-state index < -0.39 is 17.5 Å². The third-order valence-electron chi connectivity index (χ3n) is 9.67. The highest BCUT2D eigenvalue weighted by Gasteiger charge is 2.62. The molecule has 0 spiro atoms. The van der Waals surface area contributed by atoms with Crippen molar-refractivity contribution in [3.63, 3.8) is 0 Å². The zero-order valence-corrected chi connectivity index (χ0v) is 19.3. The van der Waals surface area contributed by atoms with Crippen molar-refractivity contribution in [1.29, 1.82) is 0 Å². The molecular weight excluding hydrogens is 396 g/mol. The summed E-state index contributed by atoms with van der Waals surface area (Å²) in [5.74, 6) is 1.07. The summed E-state index contributed by atoms with van der Waals surface area (Å²) in [4.78, 5) is 48.8. The summed E-state index contributed by atoms with van der Waals surface area (Å²) in [6.45, 7) is 6.82. The van der Waals surface area contributed by atoms with Gasteiger partial charge in [0.25, 0.3) is 0 Å². The Morgan fingerprint density at radius 2 is 1.68 bits per heavy atom. The van der Waals surface area contributed by atoms with E-state index in [0.717, 1.165) is 44.9 Å². The number of esters is 2. The molecule has 4 fully saturated rings. The second-order valence-electron chi connectivity index (χ2n) is 11.1. The lowest BCUT2D eigenvalue weighted by molar-refractivity contribution is -0.189. The molecule has 6 heteroatoms. The molecule has 0 amide bonds. The highest BCUT2D eigenvalue weighted by Crippen LogP contribution is 2.66. The molecule has 0 unspecified atom stereocenters. The molecule has 31 heavy (non-hydrogen) atoms. The van der Waals surface area contributed by atoms with Crippen LogP contribution < -0.4 is 0 Å². The van der Waals surface area contributed by atoms with Crippen LogP contribution in [0.1, 0.15) is 85.5 Å². The van der Waals surface area contributed by atoms with Crippen molar-refractivity contribution in [1.82, 2.24) is 0 Å². The Hall–Kier alpha value is -1.72. The molecule has 172 valence electrons. The number of ether oxygens (including phenoxy) is 2. The van der Waals surface area contributed by atoms with Crippen LogP contribution in [0.4, 0.5) is 0 Å². The Kier molecular flexibility index (Phi) is 5.58. The van der Waals surface area contributed by atoms with Crippen molar-refractivity contribution in [2.75, 3.05) is 6.61 Å². The summed E-state index contributed by atoms with van der Waals surface area (Å²) >= 11 is 0. The van der Waals surface area contributed by atoms with Crippen LogP contribution >= 0.6 is 0 Å². The van der Waals surface area contributed by atoms with Gasteiger partial charge in [-0.2, -0.15) is 0 Å². The average Bonchev–Trinajstić information content (AvgIpc) is 3.01. The van der Waals surface area contributed by atoms with Gasteiger partial charge in [-0.05, 0) is 80.5 Å². The van der Waals surface area contributed by atoms with Crippen LogP contribution in [0.3, 0.4) is 0 Å². The van der Waals surface area contributed by atoms with Crippen LogP contribution in [0.5, 0.6) is 0 Å². The minimum atomic E-state index is -1.19. The topological polar surface area (TPSA) is 86.7 Å². The molecular formula is C25H36O6. The fourth-order valence-electron chi connectivity index (χ4n) is 7.98. The van der Waals surface area contributed by atoms with Gasteiger partial charge in [-0.25, -0.2) is 0 Å². The third-order valence-corrected chi connectivity index (χ3v) is 9.67. The smallest absolute Gasteiger partial charge is 0.303 e. The van der Waals surface area contributed by atoms with Crippen molar-refractivity contribution in [2.45, 2.75) is 91.1 Å². The average molecular weight is 433 g/mol. The van der Waals surface area contributed by atoms with E-state index in [0.29, 0.717) is 36.4 Å². The van der Waals surface area contributed by atoms with Crippen molar-refractivity contribution in [3.05, 3.63) is 0 Å². The highest BCUT2D eigenvalue weighted by atomic mass is 16.6. The molecule has 0 N–H and O–H groups in total. The van der Waals surface area contributed by atoms with E-state index in [1.165, 1.54) is 13.8 Å². The minimum absolute atomic E-state index is 0.0846. The van der Waals surface area contributed by atoms with E-state index >= 15 is 0 Å². The fourth-order valence-corrected chi connectivity index (χ4v) is 7.98. The minimum Gasteiger partial charge on any atom is -0.458 e. The molecule has 7 atom stereocenters. The maximum atomic E-state index is 13.1. The van der Waals surface area contributed by atoms with Gasteiger partial charge in [0.2, 0.25) is 5.78 Å². The number of carbonyl (C=O) groups excluding carboxylic acids is 4. The highest BCUT2D eigenvalue weighted by molar-refractivity contribution is 5.91. The number of Topliss-reactive ketones (excluding diaryl/α,β-unsaturated/α-hetero) is 2. The monoisotopic (exact) mass is 432 g/mol. The molecule has 4 aliphatic carbocycles. The number of fused-ring (bicyclic) bond motifs is 5. The van der Waals surface area contributed by atoms with Crippen molar-refractivity contribution < 1.29 is 28.7 Å². The lowest BCUT2D eigenvalue weighted by Crippen LogP contribution is -2.59. The van der Waals surface area contributed by atoms with E-state index in [4.69, 9.17) is 9.47 Å². The summed E-state index contributed by atoms with van der Waals surface area (Å²) in [5.41, 5.74) is -1.24. The summed E-state index contributed by atoms with van der Waals surface area (Å²) in [5, 5.41) is 0. The molecule has 0 aromatic carbocycles. The Labute approximate surface area is 184 Å². The van der Waals surface area contributed by atoms with Crippen molar-refractivity contribution in [2.24, 2.45) is 34.5 Å². The maximum Gasteiger partial charge on any atom is 0.303 e. The zero-order chi connectivity index (χ0) is 22.6. The Bertz CT molecular complexity index is 804. The molecule has 6 nitrogen and oxygen atoms in total. The van der Waals surface area contributed by atoms with Gasteiger partial charge in [-0.1, -0.05) is 13.8 Å². The quantitative estimate of drug-likeness (QED) is 0.623. The van der Waals surface area contributed by atoms with Crippen LogP contribution in [0.15, 0.2) is 0 Å². The number of hydrogen-bond acceptors (Lipinski definition) is 6. The van der Waals surface area contributed by atoms with Gasteiger partial charge < -0.3 is 9.47 Å². The predicted molar refractivity (Wildman–Crippen MR) is 113 cm³/mol. The fraction of sp³-hybridized carbons (Fsp3) is 0.840. The Balaban J connectivity index is 1.56. The van der Waals surface area contributed by atoms with Crippen LogP contribution in [-0.4, -0.2) is 35.7 Å². The van der Waals surface area contributed by atoms with Gasteiger partial charge in [-0.15, -0.1) is 0 Å². The first-order valence-corrected chi connectivity index (χ1v) is 11.9. The van der Waals surface area contributed by atoms with Gasteiger partial charge in [0.05, 0.1) is 0 Å². The third kappa shape index (κ3) is 3.54. The summed E-state index contributed by atoms with van der Waals surface area (Å²) < 4.78 is 10.6. The standard InChI is InChI=1S/C25H36O6/c1-15(26)30-14-22(29)25(31-16(2)27)12-11-23(3)17(13-25)5-6-18-19-7-8-21(28)24(19,4)10-9-20(18)23/h17-20H,5-14H2,1-4H3/t17-,18+,19+,20+,23-,24-,25-/m0/s1. The van der Waals surface area contributed by atoms with Crippen LogP contribution in [0.2, 0.25) is 0 Å². The van der Waals surface area contributed by atoms with E-state index in [2.05, 4.69) is 13.8 Å². The molecule has 0 aliphatic heterocycles. The predicted octanol–water partition coefficient (Wildman–Crippen LogP) is 4.03. The number of carbonyl (C=O) groups is 4. The largest absolute Gasteiger partial charge is 0.458 e. The molecule has 0 saturated heterocycles. The second kappa shape index (κ2) is 7.70. The number of rotatable bonds is 4. The van der Waals surface area contributed by atoms with Gasteiger partial charge in [0, 0.05) is 25.7 Å². The van der Waals surface area contributed by atoms with Gasteiger partial charge >= 0.3 is 11.9 Å². The summed E-state index contributed by atoms with van der Waals surface area (Å²) in [6.07, 6.45) is 7.65. The first-order valence-electron chi connectivity index (χ1n) is 11.9. The van der Waals surface area contributed by atoms with Crippen LogP contribution in [0, 0.1) is 34.5 Å². The SMILES string of the molecule is CC(=O)OCC(=O)[C@]1(OC(C)=O)CC[C@@]2(C)[C@@H](CC[C@H]3[C@H]2CC[C@]2(C)C(=O)CC[C@H]32)C1. The van der Waals surface area contributed by atoms with Crippen molar-refractivity contribution >= 4 is 23.5 Å². The van der Waals surface area contributed by atoms with Gasteiger partial charge in [0.15, 0.2) is 12.2 Å². The first kappa shape index (κ1) is 22.5. The summed E-state index contributed by atoms with van der Waals surface area (Å²) in [6, 6.07) is 0. The maximum absolute atomic E-state index is 13.1. The zero-order valence-electron chi connectivity index (χ0n) is 19.3. The van der Waals surface area contributed by atoms with E-state index in [9.17, 15) is 19.2 Å². The Morgan fingerprint density at radius 1 is 0.935 bits per heavy atom. The molecule has 0 bridgehead atoms.